The maximum Gasteiger partial charge on any atom is 0.293 e. The average Bonchev–Trinajstić information content (AvgIpc) is 3.24. The number of rotatable bonds is 11. The molecule has 0 atom stereocenters. The fourth-order valence-corrected chi connectivity index (χ4v) is 5.19. The van der Waals surface area contributed by atoms with Gasteiger partial charge in [0.2, 0.25) is 0 Å². The molecule has 0 saturated carbocycles. The van der Waals surface area contributed by atoms with E-state index in [1.807, 2.05) is 49.4 Å². The first-order valence-corrected chi connectivity index (χ1v) is 13.8. The zero-order chi connectivity index (χ0) is 27.9. The van der Waals surface area contributed by atoms with Crippen molar-refractivity contribution in [2.45, 2.75) is 13.5 Å². The fourth-order valence-electron chi connectivity index (χ4n) is 4.32. The number of methoxy groups -OCH3 is 1. The van der Waals surface area contributed by atoms with E-state index >= 15 is 0 Å². The molecular weight excluding hydrogens is 526 g/mol. The summed E-state index contributed by atoms with van der Waals surface area (Å²) >= 11 is 0.909. The van der Waals surface area contributed by atoms with Crippen molar-refractivity contribution in [3.63, 3.8) is 0 Å². The Kier molecular flexibility index (Phi) is 8.56. The standard InChI is InChI=1S/C32H29NO6S/c1-3-37-29-19-22(13-15-28(29)39-21-23-12-14-24-8-4-5-9-25(24)18-23)20-30-31(34)33(32(35)40-30)16-17-38-27-11-7-6-10-26(27)36-2/h4-15,18-20H,3,16-17,21H2,1-2H3/b30-20-. The van der Waals surface area contributed by atoms with E-state index in [9.17, 15) is 9.59 Å². The molecule has 1 fully saturated rings. The molecule has 40 heavy (non-hydrogen) atoms. The van der Waals surface area contributed by atoms with Crippen LogP contribution >= 0.6 is 11.8 Å². The normalized spacial score (nSPS) is 14.2. The van der Waals surface area contributed by atoms with Crippen LogP contribution in [0.2, 0.25) is 0 Å². The van der Waals surface area contributed by atoms with Crippen molar-refractivity contribution < 1.29 is 28.5 Å². The molecule has 0 spiro atoms. The van der Waals surface area contributed by atoms with Gasteiger partial charge in [0.1, 0.15) is 13.2 Å². The van der Waals surface area contributed by atoms with Crippen LogP contribution in [-0.4, -0.2) is 42.9 Å². The topological polar surface area (TPSA) is 74.3 Å². The van der Waals surface area contributed by atoms with Gasteiger partial charge in [-0.1, -0.05) is 54.6 Å². The van der Waals surface area contributed by atoms with Crippen LogP contribution in [-0.2, 0) is 11.4 Å². The van der Waals surface area contributed by atoms with Gasteiger partial charge in [-0.3, -0.25) is 14.5 Å². The molecule has 0 bridgehead atoms. The molecule has 8 heteroatoms. The van der Waals surface area contributed by atoms with Crippen molar-refractivity contribution in [1.29, 1.82) is 0 Å². The summed E-state index contributed by atoms with van der Waals surface area (Å²) in [6.07, 6.45) is 1.70. The Hall–Kier alpha value is -4.43. The Morgan fingerprint density at radius 1 is 0.775 bits per heavy atom. The summed E-state index contributed by atoms with van der Waals surface area (Å²) in [6.45, 7) is 3.03. The number of hydrogen-bond acceptors (Lipinski definition) is 7. The van der Waals surface area contributed by atoms with Gasteiger partial charge in [0.15, 0.2) is 23.0 Å². The van der Waals surface area contributed by atoms with Crippen molar-refractivity contribution in [3.8, 4) is 23.0 Å². The predicted molar refractivity (Wildman–Crippen MR) is 157 cm³/mol. The van der Waals surface area contributed by atoms with E-state index in [1.54, 1.807) is 25.3 Å². The van der Waals surface area contributed by atoms with E-state index in [0.29, 0.717) is 41.1 Å². The van der Waals surface area contributed by atoms with Crippen molar-refractivity contribution in [1.82, 2.24) is 4.90 Å². The lowest BCUT2D eigenvalue weighted by atomic mass is 10.1. The smallest absolute Gasteiger partial charge is 0.293 e. The molecule has 1 heterocycles. The molecule has 4 aromatic rings. The monoisotopic (exact) mass is 555 g/mol. The summed E-state index contributed by atoms with van der Waals surface area (Å²) in [5.41, 5.74) is 1.78. The second kappa shape index (κ2) is 12.6. The molecule has 5 rings (SSSR count). The average molecular weight is 556 g/mol. The van der Waals surface area contributed by atoms with Crippen LogP contribution < -0.4 is 18.9 Å². The number of fused-ring (bicyclic) bond motifs is 1. The third-order valence-electron chi connectivity index (χ3n) is 6.29. The molecule has 1 aliphatic rings. The summed E-state index contributed by atoms with van der Waals surface area (Å²) in [5.74, 6) is 1.97. The molecule has 1 aliphatic heterocycles. The second-order valence-corrected chi connectivity index (χ2v) is 9.94. The number of amides is 2. The molecule has 4 aromatic carbocycles. The molecule has 7 nitrogen and oxygen atoms in total. The highest BCUT2D eigenvalue weighted by molar-refractivity contribution is 8.18. The number of hydrogen-bond donors (Lipinski definition) is 0. The quantitative estimate of drug-likeness (QED) is 0.186. The fraction of sp³-hybridized carbons (Fsp3) is 0.188. The van der Waals surface area contributed by atoms with E-state index in [2.05, 4.69) is 30.3 Å². The van der Waals surface area contributed by atoms with Crippen LogP contribution in [0.4, 0.5) is 4.79 Å². The van der Waals surface area contributed by atoms with E-state index in [-0.39, 0.29) is 24.3 Å². The molecule has 0 radical (unpaired) electrons. The number of imide groups is 1. The summed E-state index contributed by atoms with van der Waals surface area (Å²) in [7, 11) is 1.56. The lowest BCUT2D eigenvalue weighted by molar-refractivity contribution is -0.123. The number of carbonyl (C=O) groups is 2. The molecule has 0 aromatic heterocycles. The van der Waals surface area contributed by atoms with Crippen molar-refractivity contribution >= 4 is 39.8 Å². The molecule has 204 valence electrons. The number of carbonyl (C=O) groups excluding carboxylic acids is 2. The number of para-hydroxylation sites is 2. The Bertz CT molecular complexity index is 1570. The summed E-state index contributed by atoms with van der Waals surface area (Å²) < 4.78 is 23.0. The number of ether oxygens (including phenoxy) is 4. The highest BCUT2D eigenvalue weighted by atomic mass is 32.2. The zero-order valence-electron chi connectivity index (χ0n) is 22.3. The van der Waals surface area contributed by atoms with Gasteiger partial charge < -0.3 is 18.9 Å². The van der Waals surface area contributed by atoms with Gasteiger partial charge in [-0.25, -0.2) is 0 Å². The number of benzene rings is 4. The van der Waals surface area contributed by atoms with Gasteiger partial charge in [-0.15, -0.1) is 0 Å². The first-order valence-electron chi connectivity index (χ1n) is 12.9. The van der Waals surface area contributed by atoms with E-state index in [1.165, 1.54) is 10.3 Å². The van der Waals surface area contributed by atoms with Crippen LogP contribution in [0, 0.1) is 0 Å². The molecule has 2 amide bonds. The van der Waals surface area contributed by atoms with Crippen LogP contribution in [0.25, 0.3) is 16.8 Å². The van der Waals surface area contributed by atoms with Gasteiger partial charge in [0.05, 0.1) is 25.2 Å². The van der Waals surface area contributed by atoms with Gasteiger partial charge in [-0.2, -0.15) is 0 Å². The minimum Gasteiger partial charge on any atom is -0.493 e. The van der Waals surface area contributed by atoms with Gasteiger partial charge in [0.25, 0.3) is 11.1 Å². The van der Waals surface area contributed by atoms with Crippen LogP contribution in [0.5, 0.6) is 23.0 Å². The van der Waals surface area contributed by atoms with Gasteiger partial charge in [0, 0.05) is 0 Å². The van der Waals surface area contributed by atoms with Gasteiger partial charge in [-0.05, 0) is 77.0 Å². The SMILES string of the molecule is CCOc1cc(/C=C2\SC(=O)N(CCOc3ccccc3OC)C2=O)ccc1OCc1ccc2ccccc2c1. The van der Waals surface area contributed by atoms with E-state index < -0.39 is 0 Å². The highest BCUT2D eigenvalue weighted by Crippen LogP contribution is 2.35. The number of thioether (sulfide) groups is 1. The minimum atomic E-state index is -0.354. The Balaban J connectivity index is 1.25. The van der Waals surface area contributed by atoms with Crippen LogP contribution in [0.15, 0.2) is 89.8 Å². The molecule has 0 unspecified atom stereocenters. The summed E-state index contributed by atoms with van der Waals surface area (Å²) in [6, 6.07) is 27.2. The first kappa shape index (κ1) is 27.1. The summed E-state index contributed by atoms with van der Waals surface area (Å²) in [4.78, 5) is 27.1. The highest BCUT2D eigenvalue weighted by Gasteiger charge is 2.35. The molecule has 0 N–H and O–H groups in total. The van der Waals surface area contributed by atoms with E-state index in [4.69, 9.17) is 18.9 Å². The maximum atomic E-state index is 13.0. The molecule has 1 saturated heterocycles. The van der Waals surface area contributed by atoms with E-state index in [0.717, 1.165) is 28.3 Å². The maximum absolute atomic E-state index is 13.0. The predicted octanol–water partition coefficient (Wildman–Crippen LogP) is 6.94. The Morgan fingerprint density at radius 3 is 2.33 bits per heavy atom. The van der Waals surface area contributed by atoms with Crippen LogP contribution in [0.1, 0.15) is 18.1 Å². The third kappa shape index (κ3) is 6.24. The van der Waals surface area contributed by atoms with Crippen molar-refractivity contribution in [2.75, 3.05) is 26.9 Å². The summed E-state index contributed by atoms with van der Waals surface area (Å²) in [5, 5.41) is 2.00. The largest absolute Gasteiger partial charge is 0.493 e. The first-order chi connectivity index (χ1) is 19.6. The Morgan fingerprint density at radius 2 is 1.52 bits per heavy atom. The third-order valence-corrected chi connectivity index (χ3v) is 7.20. The Labute approximate surface area is 237 Å². The van der Waals surface area contributed by atoms with Crippen molar-refractivity contribution in [3.05, 3.63) is 101 Å². The van der Waals surface area contributed by atoms with Crippen LogP contribution in [0.3, 0.4) is 0 Å². The molecular formula is C32H29NO6S. The van der Waals surface area contributed by atoms with Gasteiger partial charge >= 0.3 is 0 Å². The zero-order valence-corrected chi connectivity index (χ0v) is 23.1. The molecule has 0 aliphatic carbocycles. The second-order valence-electron chi connectivity index (χ2n) is 8.94. The number of nitrogens with zero attached hydrogens (tertiary/aromatic N) is 1. The lowest BCUT2D eigenvalue weighted by Gasteiger charge is -2.14. The van der Waals surface area contributed by atoms with Crippen molar-refractivity contribution in [2.24, 2.45) is 0 Å². The minimum absolute atomic E-state index is 0.131. The lowest BCUT2D eigenvalue weighted by Crippen LogP contribution is -2.32.